The van der Waals surface area contributed by atoms with Crippen LogP contribution in [0.1, 0.15) is 69.8 Å². The first-order valence-electron chi connectivity index (χ1n) is 9.88. The zero-order valence-electron chi connectivity index (χ0n) is 14.7. The zero-order chi connectivity index (χ0) is 16.4. The second kappa shape index (κ2) is 7.05. The summed E-state index contributed by atoms with van der Waals surface area (Å²) >= 11 is 0. The van der Waals surface area contributed by atoms with E-state index in [0.29, 0.717) is 12.6 Å². The van der Waals surface area contributed by atoms with Crippen LogP contribution in [-0.4, -0.2) is 12.4 Å². The van der Waals surface area contributed by atoms with Crippen molar-refractivity contribution >= 4 is 0 Å². The maximum atomic E-state index is 6.61. The third-order valence-corrected chi connectivity index (χ3v) is 6.57. The first-order chi connectivity index (χ1) is 11.8. The van der Waals surface area contributed by atoms with Crippen LogP contribution in [0.4, 0.5) is 0 Å². The maximum Gasteiger partial charge on any atom is 0.205 e. The predicted molar refractivity (Wildman–Crippen MR) is 95.7 cm³/mol. The van der Waals surface area contributed by atoms with Gasteiger partial charge in [0.2, 0.25) is 6.29 Å². The average Bonchev–Trinajstić information content (AvgIpc) is 3.25. The van der Waals surface area contributed by atoms with Gasteiger partial charge in [-0.05, 0) is 68.6 Å². The molecule has 0 amide bonds. The lowest BCUT2D eigenvalue weighted by Gasteiger charge is -2.38. The summed E-state index contributed by atoms with van der Waals surface area (Å²) in [6.45, 7) is 0.577. The molecule has 1 aromatic rings. The summed E-state index contributed by atoms with van der Waals surface area (Å²) in [5, 5.41) is 0. The molecule has 132 valence electrons. The van der Waals surface area contributed by atoms with Crippen LogP contribution >= 0.6 is 0 Å². The van der Waals surface area contributed by atoms with E-state index in [1.807, 2.05) is 0 Å². The molecule has 0 radical (unpaired) electrons. The Bertz CT molecular complexity index is 527. The van der Waals surface area contributed by atoms with Crippen molar-refractivity contribution in [2.45, 2.75) is 83.1 Å². The summed E-state index contributed by atoms with van der Waals surface area (Å²) < 4.78 is 13.1. The topological polar surface area (TPSA) is 44.5 Å². The van der Waals surface area contributed by atoms with Crippen LogP contribution in [0.2, 0.25) is 0 Å². The number of ether oxygens (including phenoxy) is 2. The Labute approximate surface area is 145 Å². The van der Waals surface area contributed by atoms with Gasteiger partial charge in [-0.15, -0.1) is 0 Å². The molecule has 0 spiro atoms. The molecule has 1 atom stereocenters. The van der Waals surface area contributed by atoms with E-state index in [1.54, 1.807) is 0 Å². The fourth-order valence-corrected chi connectivity index (χ4v) is 5.07. The molecule has 3 aliphatic rings. The molecule has 0 saturated heterocycles. The Balaban J connectivity index is 1.50. The van der Waals surface area contributed by atoms with Crippen LogP contribution < -0.4 is 10.5 Å². The fourth-order valence-electron chi connectivity index (χ4n) is 5.07. The Morgan fingerprint density at radius 1 is 1.00 bits per heavy atom. The Morgan fingerprint density at radius 2 is 1.71 bits per heavy atom. The molecule has 24 heavy (non-hydrogen) atoms. The van der Waals surface area contributed by atoms with Crippen molar-refractivity contribution < 1.29 is 9.47 Å². The minimum absolute atomic E-state index is 0.0724. The summed E-state index contributed by atoms with van der Waals surface area (Å²) in [5.41, 5.74) is 7.11. The molecule has 3 saturated carbocycles. The van der Waals surface area contributed by atoms with Crippen LogP contribution in [-0.2, 0) is 11.3 Å². The fraction of sp³-hybridized carbons (Fsp3) is 0.714. The SMILES string of the molecule is NCc1ccc(OC(OC2CCCCC2)C23CCC(CC2)C3)cc1. The highest BCUT2D eigenvalue weighted by Crippen LogP contribution is 2.57. The van der Waals surface area contributed by atoms with Gasteiger partial charge in [0.15, 0.2) is 0 Å². The monoisotopic (exact) mass is 329 g/mol. The van der Waals surface area contributed by atoms with E-state index in [-0.39, 0.29) is 11.7 Å². The Kier molecular flexibility index (Phi) is 4.82. The second-order valence-corrected chi connectivity index (χ2v) is 8.20. The number of benzene rings is 1. The van der Waals surface area contributed by atoms with Gasteiger partial charge in [0.05, 0.1) is 6.10 Å². The van der Waals surface area contributed by atoms with Gasteiger partial charge in [-0.2, -0.15) is 0 Å². The number of rotatable bonds is 6. The van der Waals surface area contributed by atoms with Gasteiger partial charge in [0.25, 0.3) is 0 Å². The highest BCUT2D eigenvalue weighted by Gasteiger charge is 2.52. The van der Waals surface area contributed by atoms with Gasteiger partial charge >= 0.3 is 0 Å². The lowest BCUT2D eigenvalue weighted by molar-refractivity contribution is -0.189. The van der Waals surface area contributed by atoms with Crippen molar-refractivity contribution in [1.29, 1.82) is 0 Å². The van der Waals surface area contributed by atoms with Gasteiger partial charge in [-0.3, -0.25) is 0 Å². The van der Waals surface area contributed by atoms with Gasteiger partial charge < -0.3 is 15.2 Å². The quantitative estimate of drug-likeness (QED) is 0.764. The Hall–Kier alpha value is -1.06. The van der Waals surface area contributed by atoms with Crippen molar-refractivity contribution in [3.05, 3.63) is 29.8 Å². The molecule has 3 heteroatoms. The summed E-state index contributed by atoms with van der Waals surface area (Å²) in [5.74, 6) is 1.84. The van der Waals surface area contributed by atoms with Gasteiger partial charge in [0, 0.05) is 12.0 Å². The van der Waals surface area contributed by atoms with E-state index < -0.39 is 0 Å². The molecular formula is C21H31NO2. The van der Waals surface area contributed by atoms with Crippen molar-refractivity contribution in [3.8, 4) is 5.75 Å². The third-order valence-electron chi connectivity index (χ3n) is 6.57. The van der Waals surface area contributed by atoms with E-state index >= 15 is 0 Å². The smallest absolute Gasteiger partial charge is 0.205 e. The molecule has 3 fully saturated rings. The lowest BCUT2D eigenvalue weighted by atomic mass is 9.83. The highest BCUT2D eigenvalue weighted by atomic mass is 16.7. The first-order valence-corrected chi connectivity index (χ1v) is 9.88. The molecule has 2 N–H and O–H groups in total. The van der Waals surface area contributed by atoms with Crippen molar-refractivity contribution in [3.63, 3.8) is 0 Å². The Morgan fingerprint density at radius 3 is 2.29 bits per heavy atom. The number of hydrogen-bond acceptors (Lipinski definition) is 3. The van der Waals surface area contributed by atoms with E-state index in [9.17, 15) is 0 Å². The summed E-state index contributed by atoms with van der Waals surface area (Å²) in [4.78, 5) is 0. The van der Waals surface area contributed by atoms with Crippen molar-refractivity contribution in [1.82, 2.24) is 0 Å². The summed E-state index contributed by atoms with van der Waals surface area (Å²) in [6.07, 6.45) is 13.3. The van der Waals surface area contributed by atoms with Crippen LogP contribution in [0.15, 0.2) is 24.3 Å². The molecule has 3 nitrogen and oxygen atoms in total. The van der Waals surface area contributed by atoms with Crippen LogP contribution in [0.25, 0.3) is 0 Å². The molecule has 0 heterocycles. The maximum absolute atomic E-state index is 6.61. The predicted octanol–water partition coefficient (Wildman–Crippen LogP) is 4.78. The number of fused-ring (bicyclic) bond motifs is 2. The van der Waals surface area contributed by atoms with Gasteiger partial charge in [-0.25, -0.2) is 0 Å². The molecule has 0 aliphatic heterocycles. The highest BCUT2D eigenvalue weighted by molar-refractivity contribution is 5.27. The summed E-state index contributed by atoms with van der Waals surface area (Å²) in [7, 11) is 0. The van der Waals surface area contributed by atoms with Crippen molar-refractivity contribution in [2.75, 3.05) is 0 Å². The molecule has 2 bridgehead atoms. The minimum atomic E-state index is -0.0724. The first kappa shape index (κ1) is 16.4. The van der Waals surface area contributed by atoms with E-state index in [1.165, 1.54) is 64.2 Å². The van der Waals surface area contributed by atoms with E-state index in [0.717, 1.165) is 17.2 Å². The largest absolute Gasteiger partial charge is 0.464 e. The molecule has 0 aromatic heterocycles. The van der Waals surface area contributed by atoms with E-state index in [2.05, 4.69) is 24.3 Å². The standard InChI is InChI=1S/C21H31NO2/c22-15-17-6-8-19(9-7-17)24-20(23-18-4-2-1-3-5-18)21-12-10-16(14-21)11-13-21/h6-9,16,18,20H,1-5,10-15,22H2. The van der Waals surface area contributed by atoms with Crippen molar-refractivity contribution in [2.24, 2.45) is 17.1 Å². The van der Waals surface area contributed by atoms with Crippen LogP contribution in [0, 0.1) is 11.3 Å². The molecular weight excluding hydrogens is 298 g/mol. The lowest BCUT2D eigenvalue weighted by Crippen LogP contribution is -2.41. The molecule has 4 rings (SSSR count). The number of hydrogen-bond donors (Lipinski definition) is 1. The number of nitrogens with two attached hydrogens (primary N) is 1. The minimum Gasteiger partial charge on any atom is -0.464 e. The molecule has 1 aromatic carbocycles. The zero-order valence-corrected chi connectivity index (χ0v) is 14.7. The van der Waals surface area contributed by atoms with Crippen LogP contribution in [0.5, 0.6) is 5.75 Å². The second-order valence-electron chi connectivity index (χ2n) is 8.20. The van der Waals surface area contributed by atoms with Gasteiger partial charge in [0.1, 0.15) is 5.75 Å². The molecule has 1 unspecified atom stereocenters. The average molecular weight is 329 g/mol. The summed E-state index contributed by atoms with van der Waals surface area (Å²) in [6, 6.07) is 8.24. The van der Waals surface area contributed by atoms with Crippen LogP contribution in [0.3, 0.4) is 0 Å². The van der Waals surface area contributed by atoms with E-state index in [4.69, 9.17) is 15.2 Å². The normalized spacial score (nSPS) is 31.3. The molecule has 3 aliphatic carbocycles. The van der Waals surface area contributed by atoms with Gasteiger partial charge in [-0.1, -0.05) is 31.4 Å². The third kappa shape index (κ3) is 3.34.